The third-order valence-electron chi connectivity index (χ3n) is 4.14. The first-order valence-corrected chi connectivity index (χ1v) is 8.38. The number of carbonyl (C=O) groups is 2. The van der Waals surface area contributed by atoms with Crippen LogP contribution in [0.1, 0.15) is 12.2 Å². The minimum absolute atomic E-state index is 0.0299. The van der Waals surface area contributed by atoms with Crippen LogP contribution in [0.4, 0.5) is 0 Å². The van der Waals surface area contributed by atoms with E-state index in [1.54, 1.807) is 21.6 Å². The highest BCUT2D eigenvalue weighted by Gasteiger charge is 2.26. The second kappa shape index (κ2) is 6.09. The average molecular weight is 308 g/mol. The minimum atomic E-state index is 0.0299. The fraction of sp³-hybridized carbons (Fsp3) is 0.643. The van der Waals surface area contributed by atoms with Gasteiger partial charge in [0, 0.05) is 39.0 Å². The van der Waals surface area contributed by atoms with Crippen LogP contribution in [0.15, 0.2) is 12.4 Å². The van der Waals surface area contributed by atoms with Gasteiger partial charge in [0.15, 0.2) is 0 Å². The summed E-state index contributed by atoms with van der Waals surface area (Å²) < 4.78 is 2.17. The summed E-state index contributed by atoms with van der Waals surface area (Å²) in [4.78, 5) is 31.5. The van der Waals surface area contributed by atoms with E-state index in [-0.39, 0.29) is 18.4 Å². The van der Waals surface area contributed by atoms with E-state index in [1.807, 2.05) is 19.4 Å². The summed E-state index contributed by atoms with van der Waals surface area (Å²) in [6.45, 7) is 1.88. The summed E-state index contributed by atoms with van der Waals surface area (Å²) >= 11 is 1.57. The topological polar surface area (TPSA) is 58.4 Å². The third kappa shape index (κ3) is 3.23. The van der Waals surface area contributed by atoms with Crippen molar-refractivity contribution in [3.63, 3.8) is 0 Å². The van der Waals surface area contributed by atoms with Crippen LogP contribution < -0.4 is 0 Å². The number of carbonyl (C=O) groups excluding carboxylic acids is 2. The van der Waals surface area contributed by atoms with Crippen molar-refractivity contribution in [3.05, 3.63) is 18.2 Å². The lowest BCUT2D eigenvalue weighted by Gasteiger charge is -2.29. The van der Waals surface area contributed by atoms with Gasteiger partial charge in [-0.1, -0.05) is 0 Å². The quantitative estimate of drug-likeness (QED) is 0.810. The molecule has 3 heterocycles. The van der Waals surface area contributed by atoms with Crippen LogP contribution in [-0.2, 0) is 22.6 Å². The molecule has 0 bridgehead atoms. The van der Waals surface area contributed by atoms with E-state index in [0.29, 0.717) is 17.5 Å². The molecule has 1 saturated heterocycles. The molecular weight excluding hydrogens is 288 g/mol. The lowest BCUT2D eigenvalue weighted by Crippen LogP contribution is -2.42. The molecule has 0 radical (unpaired) electrons. The van der Waals surface area contributed by atoms with Crippen molar-refractivity contribution < 1.29 is 9.59 Å². The summed E-state index contributed by atoms with van der Waals surface area (Å²) in [7, 11) is 1.83. The second-order valence-corrected chi connectivity index (χ2v) is 6.70. The molecule has 2 amide bonds. The monoisotopic (exact) mass is 308 g/mol. The van der Waals surface area contributed by atoms with E-state index in [9.17, 15) is 9.59 Å². The Morgan fingerprint density at radius 3 is 3.19 bits per heavy atom. The first-order chi connectivity index (χ1) is 10.1. The van der Waals surface area contributed by atoms with Gasteiger partial charge in [-0.15, -0.1) is 11.8 Å². The Bertz CT molecular complexity index is 545. The number of likely N-dealkylation sites (N-methyl/N-ethyl adjacent to an activating group) is 1. The highest BCUT2D eigenvalue weighted by atomic mass is 32.2. The number of fused-ring (bicyclic) bond motifs is 1. The summed E-state index contributed by atoms with van der Waals surface area (Å²) in [5.74, 6) is 2.84. The molecule has 0 N–H and O–H groups in total. The van der Waals surface area contributed by atoms with Crippen molar-refractivity contribution in [3.8, 4) is 0 Å². The number of amides is 2. The molecule has 0 aromatic carbocycles. The SMILES string of the molecule is CN(C[C@@H]1CCc2nccn2C1)C(=O)CN1CSCC1=O. The molecule has 2 aliphatic heterocycles. The minimum Gasteiger partial charge on any atom is -0.344 e. The van der Waals surface area contributed by atoms with Crippen LogP contribution in [0, 0.1) is 5.92 Å². The van der Waals surface area contributed by atoms with Gasteiger partial charge in [0.05, 0.1) is 11.6 Å². The van der Waals surface area contributed by atoms with Crippen molar-refractivity contribution in [2.24, 2.45) is 5.92 Å². The largest absolute Gasteiger partial charge is 0.344 e. The van der Waals surface area contributed by atoms with E-state index < -0.39 is 0 Å². The molecular formula is C14H20N4O2S. The van der Waals surface area contributed by atoms with Gasteiger partial charge < -0.3 is 14.4 Å². The maximum Gasteiger partial charge on any atom is 0.241 e. The Labute approximate surface area is 128 Å². The van der Waals surface area contributed by atoms with E-state index >= 15 is 0 Å². The lowest BCUT2D eigenvalue weighted by atomic mass is 9.99. The Kier molecular flexibility index (Phi) is 4.19. The molecule has 7 heteroatoms. The molecule has 21 heavy (non-hydrogen) atoms. The van der Waals surface area contributed by atoms with Crippen LogP contribution in [-0.4, -0.2) is 62.9 Å². The van der Waals surface area contributed by atoms with E-state index in [1.165, 1.54) is 0 Å². The van der Waals surface area contributed by atoms with Crippen LogP contribution in [0.25, 0.3) is 0 Å². The second-order valence-electron chi connectivity index (χ2n) is 5.74. The van der Waals surface area contributed by atoms with E-state index in [4.69, 9.17) is 0 Å². The predicted octanol–water partition coefficient (Wildman–Crippen LogP) is 0.437. The van der Waals surface area contributed by atoms with Gasteiger partial charge in [0.1, 0.15) is 12.4 Å². The van der Waals surface area contributed by atoms with Crippen molar-refractivity contribution in [1.82, 2.24) is 19.4 Å². The summed E-state index contributed by atoms with van der Waals surface area (Å²) in [5.41, 5.74) is 0. The van der Waals surface area contributed by atoms with Gasteiger partial charge in [-0.3, -0.25) is 9.59 Å². The highest BCUT2D eigenvalue weighted by molar-refractivity contribution is 8.00. The van der Waals surface area contributed by atoms with Gasteiger partial charge in [-0.25, -0.2) is 4.98 Å². The maximum atomic E-state index is 12.2. The van der Waals surface area contributed by atoms with Crippen molar-refractivity contribution in [2.45, 2.75) is 19.4 Å². The molecule has 114 valence electrons. The molecule has 1 fully saturated rings. The molecule has 1 aromatic rings. The van der Waals surface area contributed by atoms with Crippen LogP contribution in [0.2, 0.25) is 0 Å². The van der Waals surface area contributed by atoms with E-state index in [2.05, 4.69) is 9.55 Å². The van der Waals surface area contributed by atoms with Crippen molar-refractivity contribution >= 4 is 23.6 Å². The van der Waals surface area contributed by atoms with Gasteiger partial charge in [-0.05, 0) is 12.3 Å². The number of aromatic nitrogens is 2. The normalized spacial score (nSPS) is 21.5. The van der Waals surface area contributed by atoms with Gasteiger partial charge in [0.25, 0.3) is 0 Å². The number of aryl methyl sites for hydroxylation is 1. The zero-order chi connectivity index (χ0) is 14.8. The number of hydrogen-bond acceptors (Lipinski definition) is 4. The van der Waals surface area contributed by atoms with E-state index in [0.717, 1.165) is 31.8 Å². The van der Waals surface area contributed by atoms with Crippen LogP contribution in [0.5, 0.6) is 0 Å². The molecule has 0 aliphatic carbocycles. The molecule has 1 atom stereocenters. The third-order valence-corrected chi connectivity index (χ3v) is 5.09. The first kappa shape index (κ1) is 14.4. The predicted molar refractivity (Wildman–Crippen MR) is 80.7 cm³/mol. The molecule has 2 aliphatic rings. The van der Waals surface area contributed by atoms with Crippen LogP contribution >= 0.6 is 11.8 Å². The molecule has 0 spiro atoms. The average Bonchev–Trinajstić information content (AvgIpc) is 3.07. The number of thioether (sulfide) groups is 1. The zero-order valence-corrected chi connectivity index (χ0v) is 13.0. The fourth-order valence-corrected chi connectivity index (χ4v) is 3.80. The van der Waals surface area contributed by atoms with Gasteiger partial charge in [-0.2, -0.15) is 0 Å². The maximum absolute atomic E-state index is 12.2. The number of rotatable bonds is 4. The molecule has 0 saturated carbocycles. The molecule has 3 rings (SSSR count). The number of nitrogens with zero attached hydrogens (tertiary/aromatic N) is 4. The summed E-state index contributed by atoms with van der Waals surface area (Å²) in [5, 5.41) is 0. The van der Waals surface area contributed by atoms with Gasteiger partial charge >= 0.3 is 0 Å². The highest BCUT2D eigenvalue weighted by Crippen LogP contribution is 2.20. The Morgan fingerprint density at radius 2 is 2.43 bits per heavy atom. The zero-order valence-electron chi connectivity index (χ0n) is 12.2. The Hall–Kier alpha value is -1.50. The lowest BCUT2D eigenvalue weighted by molar-refractivity contribution is -0.137. The van der Waals surface area contributed by atoms with Crippen molar-refractivity contribution in [2.75, 3.05) is 31.8 Å². The standard InChI is InChI=1S/C14H20N4O2S/c1-16(13(19)8-18-10-21-9-14(18)20)6-11-2-3-12-15-4-5-17(12)7-11/h4-5,11H,2-3,6-10H2,1H3/t11-/m0/s1. The van der Waals surface area contributed by atoms with Crippen molar-refractivity contribution in [1.29, 1.82) is 0 Å². The Morgan fingerprint density at radius 1 is 1.57 bits per heavy atom. The van der Waals surface area contributed by atoms with Crippen LogP contribution in [0.3, 0.4) is 0 Å². The van der Waals surface area contributed by atoms with Gasteiger partial charge in [0.2, 0.25) is 11.8 Å². The fourth-order valence-electron chi connectivity index (χ4n) is 2.90. The Balaban J connectivity index is 1.51. The number of hydrogen-bond donors (Lipinski definition) is 0. The molecule has 1 aromatic heterocycles. The summed E-state index contributed by atoms with van der Waals surface area (Å²) in [6.07, 6.45) is 5.88. The molecule has 0 unspecified atom stereocenters. The number of imidazole rings is 1. The first-order valence-electron chi connectivity index (χ1n) is 7.23. The smallest absolute Gasteiger partial charge is 0.241 e. The molecule has 6 nitrogen and oxygen atoms in total. The summed E-state index contributed by atoms with van der Waals surface area (Å²) in [6, 6.07) is 0.